The fraction of sp³-hybridized carbons (Fsp3) is 0.250. The second kappa shape index (κ2) is 13.9. The zero-order chi connectivity index (χ0) is 31.9. The minimum absolute atomic E-state index is 0.0328. The van der Waals surface area contributed by atoms with Crippen LogP contribution in [0.1, 0.15) is 43.5 Å². The van der Waals surface area contributed by atoms with Crippen molar-refractivity contribution >= 4 is 34.4 Å². The average molecular weight is 594 g/mol. The fourth-order valence-corrected chi connectivity index (χ4v) is 5.00. The number of anilines is 1. The van der Waals surface area contributed by atoms with E-state index in [4.69, 9.17) is 4.74 Å². The number of aryl methyl sites for hydroxylation is 1. The van der Waals surface area contributed by atoms with Crippen molar-refractivity contribution in [3.8, 4) is 5.75 Å². The summed E-state index contributed by atoms with van der Waals surface area (Å²) in [6, 6.07) is 25.1. The van der Waals surface area contributed by atoms with Gasteiger partial charge in [0.05, 0.1) is 0 Å². The van der Waals surface area contributed by atoms with Crippen molar-refractivity contribution in [3.05, 3.63) is 120 Å². The van der Waals surface area contributed by atoms with Crippen molar-refractivity contribution in [1.82, 2.24) is 10.2 Å². The summed E-state index contributed by atoms with van der Waals surface area (Å²) in [5.74, 6) is -0.828. The van der Waals surface area contributed by atoms with Crippen LogP contribution in [0.5, 0.6) is 5.75 Å². The molecule has 8 nitrogen and oxygen atoms in total. The molecule has 0 radical (unpaired) electrons. The molecule has 44 heavy (non-hydrogen) atoms. The molecule has 4 aromatic carbocycles. The summed E-state index contributed by atoms with van der Waals surface area (Å²) in [6.45, 7) is 11.0. The van der Waals surface area contributed by atoms with Crippen LogP contribution in [0.3, 0.4) is 0 Å². The molecular formula is C36H39N3O5. The molecule has 4 rings (SSSR count). The highest BCUT2D eigenvalue weighted by Crippen LogP contribution is 2.28. The van der Waals surface area contributed by atoms with Gasteiger partial charge in [-0.25, -0.2) is 4.79 Å². The Morgan fingerprint density at radius 1 is 0.932 bits per heavy atom. The summed E-state index contributed by atoms with van der Waals surface area (Å²) in [5, 5.41) is 17.5. The summed E-state index contributed by atoms with van der Waals surface area (Å²) in [7, 11) is 0. The summed E-state index contributed by atoms with van der Waals surface area (Å²) in [4.78, 5) is 43.0. The Hall–Kier alpha value is -5.11. The number of rotatable bonds is 10. The number of nitrogens with zero attached hydrogens (tertiary/aromatic N) is 1. The van der Waals surface area contributed by atoms with E-state index >= 15 is 0 Å². The van der Waals surface area contributed by atoms with Gasteiger partial charge in [-0.2, -0.15) is 0 Å². The van der Waals surface area contributed by atoms with E-state index in [2.05, 4.69) is 17.2 Å². The standard InChI is InChI=1S/C36H39N3O5/c1-6-21-39(34(42)31(38-35(43)44-36(3,4)5)22-25-15-19-29(40)20-16-25)32(30-14-10-7-11-24(30)2)33(41)37-28-18-17-26-12-8-9-13-27(26)23-28/h6-20,23,31-32,40H,1,21-22H2,2-5H3,(H,37,41)(H,38,43). The molecule has 0 aromatic heterocycles. The number of phenolic OH excluding ortho intramolecular Hbond substituents is 1. The normalized spacial score (nSPS) is 12.5. The smallest absolute Gasteiger partial charge is 0.408 e. The second-order valence-electron chi connectivity index (χ2n) is 11.7. The SMILES string of the molecule is C=CCN(C(=O)C(Cc1ccc(O)cc1)NC(=O)OC(C)(C)C)C(C(=O)Nc1ccc2ccccc2c1)c1ccccc1C. The van der Waals surface area contributed by atoms with Crippen LogP contribution in [0, 0.1) is 6.92 Å². The molecule has 0 aliphatic carbocycles. The Morgan fingerprint density at radius 2 is 1.59 bits per heavy atom. The van der Waals surface area contributed by atoms with Crippen molar-refractivity contribution in [2.24, 2.45) is 0 Å². The Kier molecular flexibility index (Phi) is 10.1. The van der Waals surface area contributed by atoms with Crippen LogP contribution in [0.2, 0.25) is 0 Å². The molecule has 8 heteroatoms. The van der Waals surface area contributed by atoms with Gasteiger partial charge in [0.15, 0.2) is 0 Å². The molecule has 0 aliphatic rings. The molecule has 2 unspecified atom stereocenters. The first-order chi connectivity index (χ1) is 20.9. The van der Waals surface area contributed by atoms with Gasteiger partial charge in [-0.05, 0) is 79.4 Å². The van der Waals surface area contributed by atoms with Crippen LogP contribution in [-0.4, -0.2) is 46.1 Å². The topological polar surface area (TPSA) is 108 Å². The van der Waals surface area contributed by atoms with Crippen LogP contribution in [0.4, 0.5) is 10.5 Å². The summed E-state index contributed by atoms with van der Waals surface area (Å²) in [6.07, 6.45) is 0.886. The highest BCUT2D eigenvalue weighted by molar-refractivity contribution is 6.00. The molecule has 3 amide bonds. The number of alkyl carbamates (subject to hydrolysis) is 1. The predicted molar refractivity (Wildman–Crippen MR) is 173 cm³/mol. The lowest BCUT2D eigenvalue weighted by atomic mass is 9.97. The first kappa shape index (κ1) is 31.8. The number of carbonyl (C=O) groups is 3. The number of nitrogens with one attached hydrogen (secondary N) is 2. The van der Waals surface area contributed by atoms with E-state index in [1.807, 2.05) is 73.7 Å². The number of hydrogen-bond donors (Lipinski definition) is 3. The molecule has 0 saturated carbocycles. The van der Waals surface area contributed by atoms with E-state index in [0.29, 0.717) is 16.8 Å². The van der Waals surface area contributed by atoms with Gasteiger partial charge in [0.25, 0.3) is 5.91 Å². The predicted octanol–water partition coefficient (Wildman–Crippen LogP) is 6.68. The van der Waals surface area contributed by atoms with Crippen molar-refractivity contribution in [2.75, 3.05) is 11.9 Å². The Labute approximate surface area is 258 Å². The minimum atomic E-state index is -1.09. The molecule has 0 bridgehead atoms. The molecule has 0 spiro atoms. The van der Waals surface area contributed by atoms with Gasteiger partial charge in [-0.15, -0.1) is 6.58 Å². The number of fused-ring (bicyclic) bond motifs is 1. The lowest BCUT2D eigenvalue weighted by Gasteiger charge is -2.34. The third-order valence-electron chi connectivity index (χ3n) is 7.03. The molecule has 228 valence electrons. The fourth-order valence-electron chi connectivity index (χ4n) is 5.00. The zero-order valence-electron chi connectivity index (χ0n) is 25.5. The van der Waals surface area contributed by atoms with Crippen molar-refractivity contribution < 1.29 is 24.2 Å². The van der Waals surface area contributed by atoms with E-state index in [-0.39, 0.29) is 18.7 Å². The van der Waals surface area contributed by atoms with Crippen LogP contribution < -0.4 is 10.6 Å². The lowest BCUT2D eigenvalue weighted by Crippen LogP contribution is -2.53. The number of ether oxygens (including phenoxy) is 1. The quantitative estimate of drug-likeness (QED) is 0.178. The van der Waals surface area contributed by atoms with E-state index < -0.39 is 35.6 Å². The largest absolute Gasteiger partial charge is 0.508 e. The molecular weight excluding hydrogens is 554 g/mol. The maximum absolute atomic E-state index is 14.4. The maximum atomic E-state index is 14.4. The Morgan fingerprint density at radius 3 is 2.25 bits per heavy atom. The third kappa shape index (κ3) is 8.25. The summed E-state index contributed by atoms with van der Waals surface area (Å²) < 4.78 is 5.48. The highest BCUT2D eigenvalue weighted by Gasteiger charge is 2.36. The van der Waals surface area contributed by atoms with Gasteiger partial charge in [-0.1, -0.05) is 72.8 Å². The van der Waals surface area contributed by atoms with Gasteiger partial charge in [-0.3, -0.25) is 9.59 Å². The number of benzene rings is 4. The second-order valence-corrected chi connectivity index (χ2v) is 11.7. The maximum Gasteiger partial charge on any atom is 0.408 e. The molecule has 0 aliphatic heterocycles. The number of carbonyl (C=O) groups excluding carboxylic acids is 3. The molecule has 2 atom stereocenters. The van der Waals surface area contributed by atoms with E-state index in [1.54, 1.807) is 39.0 Å². The van der Waals surface area contributed by atoms with E-state index in [9.17, 15) is 19.5 Å². The van der Waals surface area contributed by atoms with E-state index in [1.165, 1.54) is 17.0 Å². The Balaban J connectivity index is 1.73. The van der Waals surface area contributed by atoms with E-state index in [0.717, 1.165) is 16.3 Å². The van der Waals surface area contributed by atoms with Gasteiger partial charge in [0.1, 0.15) is 23.4 Å². The number of phenols is 1. The highest BCUT2D eigenvalue weighted by atomic mass is 16.6. The van der Waals surface area contributed by atoms with Gasteiger partial charge in [0.2, 0.25) is 5.91 Å². The van der Waals surface area contributed by atoms with Crippen LogP contribution in [0.25, 0.3) is 10.8 Å². The average Bonchev–Trinajstić information content (AvgIpc) is 2.97. The number of aromatic hydroxyl groups is 1. The molecule has 4 aromatic rings. The van der Waals surface area contributed by atoms with Gasteiger partial charge in [0, 0.05) is 18.7 Å². The number of amides is 3. The molecule has 3 N–H and O–H groups in total. The molecule has 0 saturated heterocycles. The monoisotopic (exact) mass is 593 g/mol. The van der Waals surface area contributed by atoms with Crippen molar-refractivity contribution in [3.63, 3.8) is 0 Å². The third-order valence-corrected chi connectivity index (χ3v) is 7.03. The zero-order valence-corrected chi connectivity index (χ0v) is 25.5. The summed E-state index contributed by atoms with van der Waals surface area (Å²) in [5.41, 5.74) is 1.96. The van der Waals surface area contributed by atoms with Crippen LogP contribution in [-0.2, 0) is 20.7 Å². The number of hydrogen-bond acceptors (Lipinski definition) is 5. The lowest BCUT2D eigenvalue weighted by molar-refractivity contribution is -0.140. The van der Waals surface area contributed by atoms with Crippen LogP contribution in [0.15, 0.2) is 104 Å². The first-order valence-corrected chi connectivity index (χ1v) is 14.5. The Bertz CT molecular complexity index is 1640. The molecule has 0 fully saturated rings. The van der Waals surface area contributed by atoms with Crippen LogP contribution >= 0.6 is 0 Å². The summed E-state index contributed by atoms with van der Waals surface area (Å²) >= 11 is 0. The molecule has 0 heterocycles. The minimum Gasteiger partial charge on any atom is -0.508 e. The van der Waals surface area contributed by atoms with Crippen molar-refractivity contribution in [2.45, 2.75) is 51.8 Å². The van der Waals surface area contributed by atoms with Gasteiger partial charge < -0.3 is 25.4 Å². The van der Waals surface area contributed by atoms with Crippen molar-refractivity contribution in [1.29, 1.82) is 0 Å². The van der Waals surface area contributed by atoms with Gasteiger partial charge >= 0.3 is 6.09 Å². The first-order valence-electron chi connectivity index (χ1n) is 14.5.